The zero-order valence-corrected chi connectivity index (χ0v) is 14.3. The molecule has 128 valence electrons. The van der Waals surface area contributed by atoms with Crippen LogP contribution in [-0.4, -0.2) is 56.6 Å². The molecule has 0 spiro atoms. The highest BCUT2D eigenvalue weighted by atomic mass is 35.5. The number of morpholine rings is 1. The maximum Gasteiger partial charge on any atom is 0.251 e. The van der Waals surface area contributed by atoms with Crippen molar-refractivity contribution >= 4 is 24.2 Å². The fraction of sp³-hybridized carbons (Fsp3) is 0.500. The Morgan fingerprint density at radius 2 is 2.04 bits per heavy atom. The molecule has 2 N–H and O–H groups in total. The first-order chi connectivity index (χ1) is 10.6. The molecule has 1 aromatic rings. The van der Waals surface area contributed by atoms with Gasteiger partial charge in [0.2, 0.25) is 5.91 Å². The van der Waals surface area contributed by atoms with Crippen LogP contribution in [0.1, 0.15) is 22.3 Å². The van der Waals surface area contributed by atoms with Gasteiger partial charge in [-0.15, -0.1) is 12.4 Å². The maximum absolute atomic E-state index is 12.2. The van der Waals surface area contributed by atoms with E-state index in [1.54, 1.807) is 31.1 Å². The Kier molecular flexibility index (Phi) is 8.02. The Morgan fingerprint density at radius 1 is 1.35 bits per heavy atom. The number of halogens is 1. The van der Waals surface area contributed by atoms with E-state index in [2.05, 4.69) is 10.6 Å². The molecule has 1 heterocycles. The van der Waals surface area contributed by atoms with Gasteiger partial charge in [0.15, 0.2) is 0 Å². The normalized spacial score (nSPS) is 17.0. The molecule has 1 aliphatic rings. The molecule has 1 fully saturated rings. The third kappa shape index (κ3) is 5.82. The van der Waals surface area contributed by atoms with Crippen molar-refractivity contribution in [3.63, 3.8) is 0 Å². The maximum atomic E-state index is 12.2. The highest BCUT2D eigenvalue weighted by molar-refractivity contribution is 5.93. The van der Waals surface area contributed by atoms with Crippen LogP contribution in [0.2, 0.25) is 0 Å². The zero-order chi connectivity index (χ0) is 15.9. The van der Waals surface area contributed by atoms with E-state index in [-0.39, 0.29) is 30.3 Å². The molecule has 2 amide bonds. The lowest BCUT2D eigenvalue weighted by Gasteiger charge is -2.25. The average Bonchev–Trinajstić information content (AvgIpc) is 2.55. The number of nitrogens with zero attached hydrogens (tertiary/aromatic N) is 1. The molecule has 1 saturated heterocycles. The van der Waals surface area contributed by atoms with Crippen LogP contribution >= 0.6 is 12.4 Å². The lowest BCUT2D eigenvalue weighted by atomic mass is 10.1. The fourth-order valence-electron chi connectivity index (χ4n) is 2.37. The van der Waals surface area contributed by atoms with E-state index in [0.717, 1.165) is 18.7 Å². The van der Waals surface area contributed by atoms with E-state index in [4.69, 9.17) is 4.74 Å². The summed E-state index contributed by atoms with van der Waals surface area (Å²) < 4.78 is 5.55. The summed E-state index contributed by atoms with van der Waals surface area (Å²) in [7, 11) is 3.39. The number of hydrogen-bond acceptors (Lipinski definition) is 4. The second-order valence-corrected chi connectivity index (χ2v) is 5.43. The SMILES string of the molecule is CNC(=O)c1ccc(CN(C)C(=O)CC2CNCCO2)cc1.Cl. The predicted octanol–water partition coefficient (Wildman–Crippen LogP) is 0.805. The van der Waals surface area contributed by atoms with Gasteiger partial charge in [0, 0.05) is 39.3 Å². The molecule has 2 rings (SSSR count). The van der Waals surface area contributed by atoms with E-state index >= 15 is 0 Å². The van der Waals surface area contributed by atoms with Gasteiger partial charge >= 0.3 is 0 Å². The van der Waals surface area contributed by atoms with Gasteiger partial charge in [-0.1, -0.05) is 12.1 Å². The van der Waals surface area contributed by atoms with E-state index in [9.17, 15) is 9.59 Å². The van der Waals surface area contributed by atoms with Gasteiger partial charge in [0.05, 0.1) is 19.1 Å². The number of rotatable bonds is 5. The summed E-state index contributed by atoms with van der Waals surface area (Å²) in [5.74, 6) is -0.0537. The molecule has 1 atom stereocenters. The molecule has 0 saturated carbocycles. The Bertz CT molecular complexity index is 516. The van der Waals surface area contributed by atoms with Crippen molar-refractivity contribution in [2.24, 2.45) is 0 Å². The summed E-state index contributed by atoms with van der Waals surface area (Å²) in [5.41, 5.74) is 1.60. The number of amides is 2. The summed E-state index contributed by atoms with van der Waals surface area (Å²) in [6.45, 7) is 2.74. The van der Waals surface area contributed by atoms with Crippen molar-refractivity contribution in [2.75, 3.05) is 33.8 Å². The number of hydrogen-bond donors (Lipinski definition) is 2. The summed E-state index contributed by atoms with van der Waals surface area (Å²) in [6.07, 6.45) is 0.346. The molecule has 1 unspecified atom stereocenters. The van der Waals surface area contributed by atoms with Crippen molar-refractivity contribution in [2.45, 2.75) is 19.1 Å². The lowest BCUT2D eigenvalue weighted by Crippen LogP contribution is -2.41. The minimum atomic E-state index is -0.113. The number of ether oxygens (including phenoxy) is 1. The molecule has 23 heavy (non-hydrogen) atoms. The van der Waals surface area contributed by atoms with Gasteiger partial charge in [-0.2, -0.15) is 0 Å². The van der Waals surface area contributed by atoms with E-state index in [1.165, 1.54) is 0 Å². The van der Waals surface area contributed by atoms with Crippen LogP contribution in [-0.2, 0) is 16.1 Å². The first-order valence-electron chi connectivity index (χ1n) is 7.47. The van der Waals surface area contributed by atoms with Gasteiger partial charge in [0.1, 0.15) is 0 Å². The van der Waals surface area contributed by atoms with E-state index in [1.807, 2.05) is 12.1 Å². The van der Waals surface area contributed by atoms with Crippen LogP contribution in [0.4, 0.5) is 0 Å². The van der Waals surface area contributed by atoms with Crippen LogP contribution in [0.3, 0.4) is 0 Å². The minimum Gasteiger partial charge on any atom is -0.375 e. The topological polar surface area (TPSA) is 70.7 Å². The first kappa shape index (κ1) is 19.4. The molecule has 0 radical (unpaired) electrons. The van der Waals surface area contributed by atoms with Gasteiger partial charge in [-0.3, -0.25) is 9.59 Å². The molecular weight excluding hydrogens is 318 g/mol. The largest absolute Gasteiger partial charge is 0.375 e. The fourth-order valence-corrected chi connectivity index (χ4v) is 2.37. The Hall–Kier alpha value is -1.63. The Labute approximate surface area is 143 Å². The molecule has 1 aliphatic heterocycles. The van der Waals surface area contributed by atoms with Crippen molar-refractivity contribution < 1.29 is 14.3 Å². The number of nitrogens with one attached hydrogen (secondary N) is 2. The molecule has 0 aliphatic carbocycles. The molecular formula is C16H24ClN3O3. The number of carbonyl (C=O) groups excluding carboxylic acids is 2. The molecule has 1 aromatic carbocycles. The standard InChI is InChI=1S/C16H23N3O3.ClH/c1-17-16(21)13-5-3-12(4-6-13)11-19(2)15(20)9-14-10-18-7-8-22-14;/h3-6,14,18H,7-11H2,1-2H3,(H,17,21);1H. The zero-order valence-electron chi connectivity index (χ0n) is 13.5. The second-order valence-electron chi connectivity index (χ2n) is 5.43. The Morgan fingerprint density at radius 3 is 2.61 bits per heavy atom. The molecule has 6 nitrogen and oxygen atoms in total. The number of carbonyl (C=O) groups is 2. The van der Waals surface area contributed by atoms with Crippen molar-refractivity contribution in [1.29, 1.82) is 0 Å². The third-order valence-corrected chi connectivity index (χ3v) is 3.70. The van der Waals surface area contributed by atoms with Crippen molar-refractivity contribution in [1.82, 2.24) is 15.5 Å². The van der Waals surface area contributed by atoms with Crippen LogP contribution in [0.5, 0.6) is 0 Å². The first-order valence-corrected chi connectivity index (χ1v) is 7.47. The predicted molar refractivity (Wildman–Crippen MR) is 90.8 cm³/mol. The molecule has 0 bridgehead atoms. The highest BCUT2D eigenvalue weighted by Crippen LogP contribution is 2.10. The van der Waals surface area contributed by atoms with Crippen molar-refractivity contribution in [3.8, 4) is 0 Å². The summed E-state index contributed by atoms with van der Waals surface area (Å²) in [5, 5.41) is 5.80. The lowest BCUT2D eigenvalue weighted by molar-refractivity contribution is -0.133. The second kappa shape index (κ2) is 9.50. The van der Waals surface area contributed by atoms with Crippen LogP contribution in [0, 0.1) is 0 Å². The molecule has 0 aromatic heterocycles. The summed E-state index contributed by atoms with van der Waals surface area (Å²) >= 11 is 0. The van der Waals surface area contributed by atoms with Crippen molar-refractivity contribution in [3.05, 3.63) is 35.4 Å². The highest BCUT2D eigenvalue weighted by Gasteiger charge is 2.19. The van der Waals surface area contributed by atoms with Gasteiger partial charge in [-0.05, 0) is 17.7 Å². The third-order valence-electron chi connectivity index (χ3n) is 3.70. The van der Waals surface area contributed by atoms with E-state index in [0.29, 0.717) is 25.1 Å². The monoisotopic (exact) mass is 341 g/mol. The Balaban J connectivity index is 0.00000264. The average molecular weight is 342 g/mol. The summed E-state index contributed by atoms with van der Waals surface area (Å²) in [6, 6.07) is 7.27. The van der Waals surface area contributed by atoms with Gasteiger partial charge in [-0.25, -0.2) is 0 Å². The van der Waals surface area contributed by atoms with E-state index < -0.39 is 0 Å². The van der Waals surface area contributed by atoms with Crippen LogP contribution in [0.15, 0.2) is 24.3 Å². The van der Waals surface area contributed by atoms with Crippen LogP contribution < -0.4 is 10.6 Å². The van der Waals surface area contributed by atoms with Gasteiger partial charge < -0.3 is 20.3 Å². The minimum absolute atomic E-state index is 0. The smallest absolute Gasteiger partial charge is 0.251 e. The van der Waals surface area contributed by atoms with Gasteiger partial charge in [0.25, 0.3) is 5.91 Å². The summed E-state index contributed by atoms with van der Waals surface area (Å²) in [4.78, 5) is 25.4. The van der Waals surface area contributed by atoms with Crippen LogP contribution in [0.25, 0.3) is 0 Å². The molecule has 7 heteroatoms. The quantitative estimate of drug-likeness (QED) is 0.831. The number of benzene rings is 1.